The van der Waals surface area contributed by atoms with Crippen LogP contribution in [0.4, 0.5) is 4.79 Å². The van der Waals surface area contributed by atoms with Gasteiger partial charge >= 0.3 is 12.0 Å². The van der Waals surface area contributed by atoms with Crippen molar-refractivity contribution in [1.82, 2.24) is 10.2 Å². The van der Waals surface area contributed by atoms with E-state index in [1.807, 2.05) is 0 Å². The second-order valence-corrected chi connectivity index (χ2v) is 4.46. The maximum Gasteiger partial charge on any atom is 0.326 e. The maximum atomic E-state index is 11.8. The molecule has 0 aromatic carbocycles. The van der Waals surface area contributed by atoms with Crippen molar-refractivity contribution < 1.29 is 24.2 Å². The van der Waals surface area contributed by atoms with Crippen molar-refractivity contribution >= 4 is 12.0 Å². The largest absolute Gasteiger partial charge is 0.480 e. The Bertz CT molecular complexity index is 445. The molecule has 0 aliphatic carbocycles. The van der Waals surface area contributed by atoms with Crippen LogP contribution in [0.25, 0.3) is 0 Å². The molecule has 3 N–H and O–H groups in total. The van der Waals surface area contributed by atoms with Gasteiger partial charge in [-0.1, -0.05) is 0 Å². The quantitative estimate of drug-likeness (QED) is 0.716. The fourth-order valence-corrected chi connectivity index (χ4v) is 2.12. The fraction of sp³-hybridized carbons (Fsp3) is 0.500. The van der Waals surface area contributed by atoms with Crippen LogP contribution >= 0.6 is 0 Å². The first kappa shape index (κ1) is 13.4. The number of nitrogens with one attached hydrogen (secondary N) is 1. The van der Waals surface area contributed by atoms with Gasteiger partial charge in [0, 0.05) is 25.9 Å². The van der Waals surface area contributed by atoms with Crippen LogP contribution in [0.2, 0.25) is 0 Å². The molecule has 1 saturated heterocycles. The number of nitrogens with zero attached hydrogens (tertiary/aromatic N) is 1. The number of carboxylic acids is 1. The Hall–Kier alpha value is -2.02. The first-order valence-corrected chi connectivity index (χ1v) is 6.05. The van der Waals surface area contributed by atoms with E-state index in [4.69, 9.17) is 9.52 Å². The number of furan rings is 1. The minimum atomic E-state index is -1.10. The molecule has 2 rings (SSSR count). The highest BCUT2D eigenvalue weighted by Gasteiger charge is 2.38. The summed E-state index contributed by atoms with van der Waals surface area (Å²) >= 11 is 0. The number of amides is 2. The number of hydrogen-bond acceptors (Lipinski definition) is 4. The van der Waals surface area contributed by atoms with Gasteiger partial charge in [-0.25, -0.2) is 9.59 Å². The molecular weight excluding hydrogens is 252 g/mol. The average molecular weight is 268 g/mol. The van der Waals surface area contributed by atoms with Crippen LogP contribution in [-0.4, -0.2) is 52.3 Å². The first-order chi connectivity index (χ1) is 9.08. The number of aliphatic hydroxyl groups excluding tert-OH is 1. The molecule has 1 aromatic heterocycles. The molecule has 1 aromatic rings. The SMILES string of the molecule is O=C(O)[C@@H]1CC(O)CN1C(=O)NCCc1ccco1. The molecule has 2 amide bonds. The summed E-state index contributed by atoms with van der Waals surface area (Å²) in [5.41, 5.74) is 0. The van der Waals surface area contributed by atoms with Crippen LogP contribution in [0.5, 0.6) is 0 Å². The zero-order chi connectivity index (χ0) is 13.8. The number of carbonyl (C=O) groups is 2. The first-order valence-electron chi connectivity index (χ1n) is 6.05. The molecule has 19 heavy (non-hydrogen) atoms. The third kappa shape index (κ3) is 3.25. The summed E-state index contributed by atoms with van der Waals surface area (Å²) < 4.78 is 5.12. The van der Waals surface area contributed by atoms with Gasteiger partial charge in [0.2, 0.25) is 0 Å². The minimum Gasteiger partial charge on any atom is -0.480 e. The van der Waals surface area contributed by atoms with E-state index in [0.717, 1.165) is 10.7 Å². The predicted octanol–water partition coefficient (Wildman–Crippen LogP) is 0.0515. The maximum absolute atomic E-state index is 11.8. The highest BCUT2D eigenvalue weighted by molar-refractivity contribution is 5.83. The lowest BCUT2D eigenvalue weighted by molar-refractivity contribution is -0.141. The summed E-state index contributed by atoms with van der Waals surface area (Å²) in [5.74, 6) is -0.353. The number of likely N-dealkylation sites (tertiary alicyclic amines) is 1. The lowest BCUT2D eigenvalue weighted by Gasteiger charge is -2.21. The Kier molecular flexibility index (Phi) is 4.06. The Morgan fingerprint density at radius 2 is 2.32 bits per heavy atom. The molecule has 2 atom stereocenters. The summed E-state index contributed by atoms with van der Waals surface area (Å²) in [6.45, 7) is 0.398. The van der Waals surface area contributed by atoms with Gasteiger partial charge in [0.25, 0.3) is 0 Å². The van der Waals surface area contributed by atoms with Crippen LogP contribution < -0.4 is 5.32 Å². The van der Waals surface area contributed by atoms with Gasteiger partial charge in [-0.15, -0.1) is 0 Å². The number of aliphatic carboxylic acids is 1. The molecule has 0 bridgehead atoms. The van der Waals surface area contributed by atoms with Gasteiger partial charge in [0.1, 0.15) is 11.8 Å². The van der Waals surface area contributed by atoms with Crippen molar-refractivity contribution in [3.05, 3.63) is 24.2 Å². The van der Waals surface area contributed by atoms with Gasteiger partial charge in [-0.2, -0.15) is 0 Å². The van der Waals surface area contributed by atoms with Crippen LogP contribution in [0.15, 0.2) is 22.8 Å². The number of urea groups is 1. The van der Waals surface area contributed by atoms with Gasteiger partial charge < -0.3 is 24.8 Å². The Morgan fingerprint density at radius 1 is 1.53 bits per heavy atom. The predicted molar refractivity (Wildman–Crippen MR) is 64.6 cm³/mol. The van der Waals surface area contributed by atoms with Gasteiger partial charge in [0.05, 0.1) is 12.4 Å². The van der Waals surface area contributed by atoms with Gasteiger partial charge in [0.15, 0.2) is 0 Å². The smallest absolute Gasteiger partial charge is 0.326 e. The van der Waals surface area contributed by atoms with Crippen LogP contribution in [0.3, 0.4) is 0 Å². The topological polar surface area (TPSA) is 103 Å². The van der Waals surface area contributed by atoms with E-state index in [0.29, 0.717) is 13.0 Å². The molecule has 2 heterocycles. The normalized spacial score (nSPS) is 22.5. The highest BCUT2D eigenvalue weighted by Crippen LogP contribution is 2.18. The molecule has 1 aliphatic rings. The number of rotatable bonds is 4. The molecule has 104 valence electrons. The van der Waals surface area contributed by atoms with E-state index in [1.165, 1.54) is 0 Å². The molecule has 0 radical (unpaired) electrons. The summed E-state index contributed by atoms with van der Waals surface area (Å²) in [4.78, 5) is 24.0. The Balaban J connectivity index is 1.83. The molecule has 7 heteroatoms. The third-order valence-corrected chi connectivity index (χ3v) is 3.05. The molecule has 0 spiro atoms. The van der Waals surface area contributed by atoms with E-state index >= 15 is 0 Å². The van der Waals surface area contributed by atoms with Gasteiger partial charge in [-0.3, -0.25) is 0 Å². The fourth-order valence-electron chi connectivity index (χ4n) is 2.12. The second-order valence-electron chi connectivity index (χ2n) is 4.46. The summed E-state index contributed by atoms with van der Waals surface area (Å²) in [6.07, 6.45) is 1.37. The van der Waals surface area contributed by atoms with Crippen molar-refractivity contribution in [3.63, 3.8) is 0 Å². The van der Waals surface area contributed by atoms with E-state index in [9.17, 15) is 14.7 Å². The van der Waals surface area contributed by atoms with Crippen molar-refractivity contribution in [2.24, 2.45) is 0 Å². The van der Waals surface area contributed by atoms with E-state index < -0.39 is 24.1 Å². The lowest BCUT2D eigenvalue weighted by atomic mass is 10.2. The van der Waals surface area contributed by atoms with Crippen molar-refractivity contribution in [3.8, 4) is 0 Å². The molecule has 7 nitrogen and oxygen atoms in total. The summed E-state index contributed by atoms with van der Waals surface area (Å²) in [5, 5.41) is 21.0. The van der Waals surface area contributed by atoms with Crippen LogP contribution in [0.1, 0.15) is 12.2 Å². The lowest BCUT2D eigenvalue weighted by Crippen LogP contribution is -2.46. The van der Waals surface area contributed by atoms with Crippen molar-refractivity contribution in [2.45, 2.75) is 25.0 Å². The summed E-state index contributed by atoms with van der Waals surface area (Å²) in [6, 6.07) is 2.12. The standard InChI is InChI=1S/C12H16N2O5/c15-8-6-10(11(16)17)14(7-8)12(18)13-4-3-9-2-1-5-19-9/h1-2,5,8,10,15H,3-4,6-7H2,(H,13,18)(H,16,17)/t8?,10-/m0/s1. The molecule has 1 unspecified atom stereocenters. The monoisotopic (exact) mass is 268 g/mol. The number of carbonyl (C=O) groups excluding carboxylic acids is 1. The zero-order valence-electron chi connectivity index (χ0n) is 10.3. The number of hydrogen-bond donors (Lipinski definition) is 3. The highest BCUT2D eigenvalue weighted by atomic mass is 16.4. The zero-order valence-corrected chi connectivity index (χ0v) is 10.3. The number of β-amino-alcohol motifs (C(OH)–C–C–N with tert-alkyl or cyclic N) is 1. The Morgan fingerprint density at radius 3 is 2.95 bits per heavy atom. The Labute approximate surface area is 109 Å². The van der Waals surface area contributed by atoms with Gasteiger partial charge in [-0.05, 0) is 12.1 Å². The molecule has 1 aliphatic heterocycles. The number of carboxylic acid groups (broad SMARTS) is 1. The second kappa shape index (κ2) is 5.75. The summed E-state index contributed by atoms with van der Waals surface area (Å²) in [7, 11) is 0. The van der Waals surface area contributed by atoms with E-state index in [2.05, 4.69) is 5.32 Å². The van der Waals surface area contributed by atoms with Crippen LogP contribution in [0, 0.1) is 0 Å². The molecular formula is C12H16N2O5. The van der Waals surface area contributed by atoms with E-state index in [1.54, 1.807) is 18.4 Å². The van der Waals surface area contributed by atoms with Crippen LogP contribution in [-0.2, 0) is 11.2 Å². The third-order valence-electron chi connectivity index (χ3n) is 3.05. The average Bonchev–Trinajstić information content (AvgIpc) is 2.98. The minimum absolute atomic E-state index is 0.0452. The molecule has 1 fully saturated rings. The van der Waals surface area contributed by atoms with Crippen molar-refractivity contribution in [2.75, 3.05) is 13.1 Å². The van der Waals surface area contributed by atoms with Crippen molar-refractivity contribution in [1.29, 1.82) is 0 Å². The van der Waals surface area contributed by atoms with E-state index in [-0.39, 0.29) is 13.0 Å². The number of aliphatic hydroxyl groups is 1. The molecule has 0 saturated carbocycles.